The minimum Gasteiger partial charge on any atom is -0.466 e. The molecule has 0 heterocycles. The van der Waals surface area contributed by atoms with E-state index in [1.54, 1.807) is 0 Å². The van der Waals surface area contributed by atoms with Gasteiger partial charge in [0, 0.05) is 5.33 Å². The van der Waals surface area contributed by atoms with Crippen molar-refractivity contribution in [3.8, 4) is 0 Å². The Hall–Kier alpha value is -0.0900. The zero-order valence-electron chi connectivity index (χ0n) is 7.79. The Bertz CT molecular complexity index is 166. The van der Waals surface area contributed by atoms with Crippen LogP contribution < -0.4 is 0 Å². The monoisotopic (exact) mass is 250 g/mol. The second-order valence-electron chi connectivity index (χ2n) is 3.10. The predicted molar refractivity (Wildman–Crippen MR) is 52.9 cm³/mol. The normalized spacial score (nSPS) is 26.6. The smallest absolute Gasteiger partial charge is 0.309 e. The summed E-state index contributed by atoms with van der Waals surface area (Å²) < 4.78 is 10.3. The Morgan fingerprint density at radius 2 is 2.23 bits per heavy atom. The van der Waals surface area contributed by atoms with Crippen molar-refractivity contribution in [1.29, 1.82) is 0 Å². The molecule has 0 aromatic heterocycles. The fourth-order valence-electron chi connectivity index (χ4n) is 1.37. The number of carbonyl (C=O) groups excluding carboxylic acids is 1. The lowest BCUT2D eigenvalue weighted by atomic mass is 9.82. The molecule has 0 amide bonds. The molecule has 3 nitrogen and oxygen atoms in total. The first-order valence-electron chi connectivity index (χ1n) is 4.62. The van der Waals surface area contributed by atoms with Gasteiger partial charge in [0.15, 0.2) is 0 Å². The molecule has 1 aliphatic rings. The molecule has 13 heavy (non-hydrogen) atoms. The van der Waals surface area contributed by atoms with E-state index < -0.39 is 0 Å². The van der Waals surface area contributed by atoms with E-state index >= 15 is 0 Å². The molecule has 0 aromatic carbocycles. The van der Waals surface area contributed by atoms with Gasteiger partial charge >= 0.3 is 5.97 Å². The van der Waals surface area contributed by atoms with Gasteiger partial charge in [-0.1, -0.05) is 15.9 Å². The van der Waals surface area contributed by atoms with E-state index in [1.807, 2.05) is 6.92 Å². The van der Waals surface area contributed by atoms with Crippen molar-refractivity contribution in [1.82, 2.24) is 0 Å². The van der Waals surface area contributed by atoms with Crippen LogP contribution in [0.4, 0.5) is 0 Å². The number of esters is 1. The second kappa shape index (κ2) is 5.60. The lowest BCUT2D eigenvalue weighted by Gasteiger charge is -2.33. The first-order valence-corrected chi connectivity index (χ1v) is 5.74. The van der Waals surface area contributed by atoms with Gasteiger partial charge in [-0.25, -0.2) is 0 Å². The van der Waals surface area contributed by atoms with Crippen LogP contribution in [0.3, 0.4) is 0 Å². The maximum Gasteiger partial charge on any atom is 0.309 e. The molecular weight excluding hydrogens is 236 g/mol. The summed E-state index contributed by atoms with van der Waals surface area (Å²) in [6.07, 6.45) is 1.92. The Balaban J connectivity index is 2.07. The van der Waals surface area contributed by atoms with E-state index in [0.29, 0.717) is 6.61 Å². The molecule has 0 aromatic rings. The molecule has 1 aliphatic carbocycles. The van der Waals surface area contributed by atoms with Gasteiger partial charge in [-0.3, -0.25) is 4.79 Å². The number of carbonyl (C=O) groups is 1. The maximum atomic E-state index is 11.2. The van der Waals surface area contributed by atoms with E-state index in [4.69, 9.17) is 9.47 Å². The number of hydrogen-bond acceptors (Lipinski definition) is 3. The van der Waals surface area contributed by atoms with E-state index in [9.17, 15) is 4.79 Å². The molecule has 0 radical (unpaired) electrons. The topological polar surface area (TPSA) is 35.5 Å². The number of alkyl halides is 1. The zero-order valence-corrected chi connectivity index (χ0v) is 9.38. The molecule has 0 aliphatic heterocycles. The molecular formula is C9H15BrO3. The maximum absolute atomic E-state index is 11.2. The van der Waals surface area contributed by atoms with Crippen LogP contribution in [-0.4, -0.2) is 30.6 Å². The first-order chi connectivity index (χ1) is 6.27. The van der Waals surface area contributed by atoms with Gasteiger partial charge in [0.2, 0.25) is 0 Å². The van der Waals surface area contributed by atoms with Crippen molar-refractivity contribution in [2.45, 2.75) is 25.9 Å². The van der Waals surface area contributed by atoms with Crippen molar-refractivity contribution in [2.24, 2.45) is 5.92 Å². The lowest BCUT2D eigenvalue weighted by Crippen LogP contribution is -2.37. The van der Waals surface area contributed by atoms with Crippen molar-refractivity contribution in [2.75, 3.05) is 18.5 Å². The van der Waals surface area contributed by atoms with Crippen LogP contribution in [0.2, 0.25) is 0 Å². The summed E-state index contributed by atoms with van der Waals surface area (Å²) >= 11 is 3.28. The molecule has 1 fully saturated rings. The molecule has 0 saturated heterocycles. The zero-order chi connectivity index (χ0) is 9.68. The Labute approximate surface area is 86.9 Å². The molecule has 1 saturated carbocycles. The molecule has 0 atom stereocenters. The summed E-state index contributed by atoms with van der Waals surface area (Å²) in [7, 11) is 0. The molecule has 76 valence electrons. The van der Waals surface area contributed by atoms with Gasteiger partial charge < -0.3 is 9.47 Å². The highest BCUT2D eigenvalue weighted by Crippen LogP contribution is 2.30. The molecule has 0 N–H and O–H groups in total. The summed E-state index contributed by atoms with van der Waals surface area (Å²) in [6.45, 7) is 3.03. The third-order valence-electron chi connectivity index (χ3n) is 2.15. The lowest BCUT2D eigenvalue weighted by molar-refractivity contribution is -0.157. The predicted octanol–water partition coefficient (Wildman–Crippen LogP) is 1.74. The van der Waals surface area contributed by atoms with Crippen molar-refractivity contribution < 1.29 is 14.3 Å². The fourth-order valence-corrected chi connectivity index (χ4v) is 1.55. The van der Waals surface area contributed by atoms with Gasteiger partial charge in [0.25, 0.3) is 0 Å². The molecule has 1 rings (SSSR count). The summed E-state index contributed by atoms with van der Waals surface area (Å²) in [5.41, 5.74) is 0. The van der Waals surface area contributed by atoms with Crippen LogP contribution in [0.25, 0.3) is 0 Å². The van der Waals surface area contributed by atoms with E-state index in [2.05, 4.69) is 15.9 Å². The van der Waals surface area contributed by atoms with Crippen LogP contribution in [0, 0.1) is 5.92 Å². The highest BCUT2D eigenvalue weighted by molar-refractivity contribution is 9.09. The largest absolute Gasteiger partial charge is 0.466 e. The standard InChI is InChI=1S/C9H15BrO3/c1-2-12-9(11)7-5-8(6-7)13-4-3-10/h7-8H,2-6H2,1H3. The second-order valence-corrected chi connectivity index (χ2v) is 3.90. The van der Waals surface area contributed by atoms with Crippen LogP contribution in [0.5, 0.6) is 0 Å². The van der Waals surface area contributed by atoms with Crippen LogP contribution >= 0.6 is 15.9 Å². The van der Waals surface area contributed by atoms with Crippen molar-refractivity contribution >= 4 is 21.9 Å². The summed E-state index contributed by atoms with van der Waals surface area (Å²) in [6, 6.07) is 0. The molecule has 4 heteroatoms. The van der Waals surface area contributed by atoms with Gasteiger partial charge in [-0.2, -0.15) is 0 Å². The van der Waals surface area contributed by atoms with Gasteiger partial charge in [-0.15, -0.1) is 0 Å². The van der Waals surface area contributed by atoms with Crippen molar-refractivity contribution in [3.05, 3.63) is 0 Å². The molecule has 0 spiro atoms. The average molecular weight is 251 g/mol. The average Bonchev–Trinajstić information content (AvgIpc) is 2.02. The summed E-state index contributed by atoms with van der Waals surface area (Å²) in [5.74, 6) is 0.0152. The van der Waals surface area contributed by atoms with Gasteiger partial charge in [-0.05, 0) is 19.8 Å². The Morgan fingerprint density at radius 3 is 2.77 bits per heavy atom. The first kappa shape index (κ1) is 11.0. The van der Waals surface area contributed by atoms with E-state index in [-0.39, 0.29) is 18.0 Å². The highest BCUT2D eigenvalue weighted by atomic mass is 79.9. The van der Waals surface area contributed by atoms with E-state index in [0.717, 1.165) is 24.8 Å². The fraction of sp³-hybridized carbons (Fsp3) is 0.889. The van der Waals surface area contributed by atoms with Gasteiger partial charge in [0.1, 0.15) is 0 Å². The summed E-state index contributed by atoms with van der Waals surface area (Å²) in [4.78, 5) is 11.2. The Kier molecular flexibility index (Phi) is 4.73. The number of rotatable bonds is 5. The van der Waals surface area contributed by atoms with Crippen molar-refractivity contribution in [3.63, 3.8) is 0 Å². The van der Waals surface area contributed by atoms with Crippen LogP contribution in [0.1, 0.15) is 19.8 Å². The van der Waals surface area contributed by atoms with Crippen LogP contribution in [0.15, 0.2) is 0 Å². The number of hydrogen-bond donors (Lipinski definition) is 0. The number of ether oxygens (including phenoxy) is 2. The summed E-state index contributed by atoms with van der Waals surface area (Å²) in [5, 5.41) is 0.855. The highest BCUT2D eigenvalue weighted by Gasteiger charge is 2.35. The Morgan fingerprint density at radius 1 is 1.54 bits per heavy atom. The quantitative estimate of drug-likeness (QED) is 0.551. The molecule has 0 unspecified atom stereocenters. The number of halogens is 1. The van der Waals surface area contributed by atoms with Crippen LogP contribution in [-0.2, 0) is 14.3 Å². The van der Waals surface area contributed by atoms with Gasteiger partial charge in [0.05, 0.1) is 25.2 Å². The third-order valence-corrected chi connectivity index (χ3v) is 2.47. The molecule has 0 bridgehead atoms. The SMILES string of the molecule is CCOC(=O)C1CC(OCCBr)C1. The minimum atomic E-state index is -0.0683. The minimum absolute atomic E-state index is 0.0683. The van der Waals surface area contributed by atoms with E-state index in [1.165, 1.54) is 0 Å². The third kappa shape index (κ3) is 3.27.